The molecule has 5 nitrogen and oxygen atoms in total. The zero-order valence-corrected chi connectivity index (χ0v) is 17.0. The summed E-state index contributed by atoms with van der Waals surface area (Å²) in [7, 11) is 0. The second-order valence-electron chi connectivity index (χ2n) is 6.68. The molecule has 0 spiro atoms. The summed E-state index contributed by atoms with van der Waals surface area (Å²) in [5.74, 6) is -0.0822. The SMILES string of the molecule is CCCCCCCCCC(=O)OCCN(CCO)CCN(CC)CC. The summed E-state index contributed by atoms with van der Waals surface area (Å²) >= 11 is 0. The van der Waals surface area contributed by atoms with Crippen LogP contribution < -0.4 is 0 Å². The highest BCUT2D eigenvalue weighted by atomic mass is 16.5. The van der Waals surface area contributed by atoms with Gasteiger partial charge in [-0.05, 0) is 19.5 Å². The summed E-state index contributed by atoms with van der Waals surface area (Å²) in [6, 6.07) is 0. The summed E-state index contributed by atoms with van der Waals surface area (Å²) < 4.78 is 5.35. The molecule has 0 aliphatic rings. The number of aliphatic hydroxyl groups is 1. The van der Waals surface area contributed by atoms with Crippen molar-refractivity contribution in [2.45, 2.75) is 72.1 Å². The molecule has 0 heterocycles. The van der Waals surface area contributed by atoms with Crippen molar-refractivity contribution in [2.75, 3.05) is 52.5 Å². The van der Waals surface area contributed by atoms with E-state index < -0.39 is 0 Å². The van der Waals surface area contributed by atoms with E-state index in [1.807, 2.05) is 0 Å². The van der Waals surface area contributed by atoms with Crippen LogP contribution in [0.15, 0.2) is 0 Å². The number of hydrogen-bond donors (Lipinski definition) is 1. The molecule has 0 aliphatic heterocycles. The van der Waals surface area contributed by atoms with Crippen LogP contribution in [-0.4, -0.2) is 73.4 Å². The standard InChI is InChI=1S/C20H42N2O3/c1-4-7-8-9-10-11-12-13-20(24)25-19-17-22(16-18-23)15-14-21(5-2)6-3/h23H,4-19H2,1-3H3. The molecular weight excluding hydrogens is 316 g/mol. The van der Waals surface area contributed by atoms with E-state index in [2.05, 4.69) is 30.6 Å². The van der Waals surface area contributed by atoms with Gasteiger partial charge >= 0.3 is 5.97 Å². The van der Waals surface area contributed by atoms with Crippen LogP contribution in [0.2, 0.25) is 0 Å². The maximum atomic E-state index is 11.8. The Labute approximate surface area is 155 Å². The fourth-order valence-electron chi connectivity index (χ4n) is 2.89. The molecular formula is C20H42N2O3. The van der Waals surface area contributed by atoms with E-state index in [9.17, 15) is 9.90 Å². The molecule has 0 fully saturated rings. The average Bonchev–Trinajstić information content (AvgIpc) is 2.61. The van der Waals surface area contributed by atoms with Gasteiger partial charge in [-0.25, -0.2) is 0 Å². The number of aliphatic hydroxyl groups excluding tert-OH is 1. The fourth-order valence-corrected chi connectivity index (χ4v) is 2.89. The molecule has 0 bridgehead atoms. The van der Waals surface area contributed by atoms with Gasteiger partial charge in [0.15, 0.2) is 0 Å². The lowest BCUT2D eigenvalue weighted by Crippen LogP contribution is -2.38. The third-order valence-corrected chi connectivity index (χ3v) is 4.70. The third-order valence-electron chi connectivity index (χ3n) is 4.70. The van der Waals surface area contributed by atoms with Gasteiger partial charge in [-0.2, -0.15) is 0 Å². The average molecular weight is 359 g/mol. The van der Waals surface area contributed by atoms with Crippen LogP contribution in [0.1, 0.15) is 72.1 Å². The Hall–Kier alpha value is -0.650. The number of likely N-dealkylation sites (N-methyl/N-ethyl adjacent to an activating group) is 1. The number of esters is 1. The minimum Gasteiger partial charge on any atom is -0.464 e. The highest BCUT2D eigenvalue weighted by molar-refractivity contribution is 5.69. The highest BCUT2D eigenvalue weighted by Crippen LogP contribution is 2.08. The maximum Gasteiger partial charge on any atom is 0.305 e. The summed E-state index contributed by atoms with van der Waals surface area (Å²) in [6.45, 7) is 12.4. The summed E-state index contributed by atoms with van der Waals surface area (Å²) in [5, 5.41) is 9.18. The summed E-state index contributed by atoms with van der Waals surface area (Å²) in [6.07, 6.45) is 9.01. The zero-order valence-electron chi connectivity index (χ0n) is 17.0. The molecule has 0 aromatic heterocycles. The lowest BCUT2D eigenvalue weighted by Gasteiger charge is -2.25. The van der Waals surface area contributed by atoms with Crippen molar-refractivity contribution in [1.82, 2.24) is 9.80 Å². The van der Waals surface area contributed by atoms with Gasteiger partial charge in [-0.3, -0.25) is 9.69 Å². The van der Waals surface area contributed by atoms with Crippen molar-refractivity contribution in [3.8, 4) is 0 Å². The van der Waals surface area contributed by atoms with Crippen LogP contribution >= 0.6 is 0 Å². The molecule has 0 aromatic carbocycles. The molecule has 5 heteroatoms. The highest BCUT2D eigenvalue weighted by Gasteiger charge is 2.09. The quantitative estimate of drug-likeness (QED) is 0.301. The monoisotopic (exact) mass is 358 g/mol. The molecule has 0 aliphatic carbocycles. The zero-order chi connectivity index (χ0) is 18.8. The van der Waals surface area contributed by atoms with E-state index in [4.69, 9.17) is 4.74 Å². The fraction of sp³-hybridized carbons (Fsp3) is 0.950. The van der Waals surface area contributed by atoms with Gasteiger partial charge in [-0.15, -0.1) is 0 Å². The Morgan fingerprint density at radius 2 is 1.40 bits per heavy atom. The number of nitrogens with zero attached hydrogens (tertiary/aromatic N) is 2. The van der Waals surface area contributed by atoms with E-state index in [0.717, 1.165) is 39.0 Å². The minimum absolute atomic E-state index is 0.0822. The van der Waals surface area contributed by atoms with Crippen molar-refractivity contribution in [3.05, 3.63) is 0 Å². The van der Waals surface area contributed by atoms with Crippen LogP contribution in [0.5, 0.6) is 0 Å². The smallest absolute Gasteiger partial charge is 0.305 e. The maximum absolute atomic E-state index is 11.8. The molecule has 0 atom stereocenters. The second-order valence-corrected chi connectivity index (χ2v) is 6.68. The molecule has 0 rings (SSSR count). The number of carbonyl (C=O) groups excluding carboxylic acids is 1. The first-order valence-electron chi connectivity index (χ1n) is 10.4. The number of carbonyl (C=O) groups is 1. The first kappa shape index (κ1) is 24.4. The molecule has 0 saturated carbocycles. The molecule has 0 saturated heterocycles. The van der Waals surface area contributed by atoms with Crippen LogP contribution in [0.3, 0.4) is 0 Å². The van der Waals surface area contributed by atoms with E-state index in [-0.39, 0.29) is 12.6 Å². The lowest BCUT2D eigenvalue weighted by atomic mass is 10.1. The van der Waals surface area contributed by atoms with Crippen molar-refractivity contribution in [3.63, 3.8) is 0 Å². The van der Waals surface area contributed by atoms with Crippen molar-refractivity contribution in [2.24, 2.45) is 0 Å². The number of ether oxygens (including phenoxy) is 1. The van der Waals surface area contributed by atoms with E-state index in [0.29, 0.717) is 26.1 Å². The van der Waals surface area contributed by atoms with Crippen LogP contribution in [0.4, 0.5) is 0 Å². The van der Waals surface area contributed by atoms with Crippen molar-refractivity contribution >= 4 is 5.97 Å². The van der Waals surface area contributed by atoms with E-state index in [1.54, 1.807) is 0 Å². The van der Waals surface area contributed by atoms with Crippen molar-refractivity contribution in [1.29, 1.82) is 0 Å². The van der Waals surface area contributed by atoms with Gasteiger partial charge in [0, 0.05) is 32.6 Å². The van der Waals surface area contributed by atoms with Gasteiger partial charge in [0.25, 0.3) is 0 Å². The Morgan fingerprint density at radius 1 is 0.800 bits per heavy atom. The molecule has 150 valence electrons. The molecule has 0 unspecified atom stereocenters. The van der Waals surface area contributed by atoms with Crippen LogP contribution in [-0.2, 0) is 9.53 Å². The lowest BCUT2D eigenvalue weighted by molar-refractivity contribution is -0.144. The molecule has 0 aromatic rings. The van der Waals surface area contributed by atoms with Gasteiger partial charge in [0.1, 0.15) is 6.61 Å². The van der Waals surface area contributed by atoms with E-state index in [1.165, 1.54) is 32.1 Å². The van der Waals surface area contributed by atoms with Crippen molar-refractivity contribution < 1.29 is 14.6 Å². The van der Waals surface area contributed by atoms with Gasteiger partial charge in [0.2, 0.25) is 0 Å². The van der Waals surface area contributed by atoms with Gasteiger partial charge in [0.05, 0.1) is 6.61 Å². The predicted molar refractivity (Wildman–Crippen MR) is 105 cm³/mol. The normalized spacial score (nSPS) is 11.4. The third kappa shape index (κ3) is 15.3. The summed E-state index contributed by atoms with van der Waals surface area (Å²) in [5.41, 5.74) is 0. The van der Waals surface area contributed by atoms with Crippen LogP contribution in [0, 0.1) is 0 Å². The number of unbranched alkanes of at least 4 members (excludes halogenated alkanes) is 6. The number of hydrogen-bond acceptors (Lipinski definition) is 5. The number of rotatable bonds is 18. The second kappa shape index (κ2) is 18.2. The Kier molecular flexibility index (Phi) is 17.7. The molecule has 25 heavy (non-hydrogen) atoms. The molecule has 1 N–H and O–H groups in total. The first-order valence-corrected chi connectivity index (χ1v) is 10.4. The van der Waals surface area contributed by atoms with Crippen LogP contribution in [0.25, 0.3) is 0 Å². The molecule has 0 radical (unpaired) electrons. The van der Waals surface area contributed by atoms with Gasteiger partial charge in [-0.1, -0.05) is 59.3 Å². The van der Waals surface area contributed by atoms with E-state index >= 15 is 0 Å². The Balaban J connectivity index is 3.72. The Bertz CT molecular complexity index is 297. The largest absolute Gasteiger partial charge is 0.464 e. The minimum atomic E-state index is -0.0822. The topological polar surface area (TPSA) is 53.0 Å². The summed E-state index contributed by atoms with van der Waals surface area (Å²) in [4.78, 5) is 16.3. The molecule has 0 amide bonds. The predicted octanol–water partition coefficient (Wildman–Crippen LogP) is 3.31. The van der Waals surface area contributed by atoms with Gasteiger partial charge < -0.3 is 14.7 Å². The Morgan fingerprint density at radius 3 is 2.00 bits per heavy atom. The first-order chi connectivity index (χ1) is 12.2.